The third-order valence-electron chi connectivity index (χ3n) is 2.48. The first-order valence-electron chi connectivity index (χ1n) is 5.81. The molecule has 0 aliphatic carbocycles. The molecule has 0 spiro atoms. The van der Waals surface area contributed by atoms with Gasteiger partial charge in [-0.1, -0.05) is 6.92 Å². The number of nitrogens with zero attached hydrogens (tertiary/aromatic N) is 2. The molecule has 0 unspecified atom stereocenters. The van der Waals surface area contributed by atoms with Gasteiger partial charge in [0, 0.05) is 32.1 Å². The van der Waals surface area contributed by atoms with Gasteiger partial charge in [-0.05, 0) is 13.0 Å². The molecule has 0 saturated heterocycles. The van der Waals surface area contributed by atoms with E-state index in [0.29, 0.717) is 26.3 Å². The van der Waals surface area contributed by atoms with Gasteiger partial charge in [-0.2, -0.15) is 4.31 Å². The van der Waals surface area contributed by atoms with Crippen LogP contribution in [0.3, 0.4) is 0 Å². The van der Waals surface area contributed by atoms with Crippen molar-refractivity contribution in [2.45, 2.75) is 18.7 Å². The number of nitrogens with two attached hydrogens (primary N) is 1. The molecule has 0 amide bonds. The van der Waals surface area contributed by atoms with Crippen LogP contribution in [-0.2, 0) is 14.8 Å². The summed E-state index contributed by atoms with van der Waals surface area (Å²) in [5, 5.41) is 0. The lowest BCUT2D eigenvalue weighted by Gasteiger charge is -2.20. The third-order valence-corrected chi connectivity index (χ3v) is 4.49. The molecule has 0 radical (unpaired) electrons. The number of likely N-dealkylation sites (N-methyl/N-ethyl adjacent to an activating group) is 1. The lowest BCUT2D eigenvalue weighted by molar-refractivity contribution is 0.135. The second kappa shape index (κ2) is 6.67. The molecule has 1 aromatic rings. The summed E-state index contributed by atoms with van der Waals surface area (Å²) in [5.41, 5.74) is 5.89. The minimum absolute atomic E-state index is 0.0448. The van der Waals surface area contributed by atoms with E-state index in [0.717, 1.165) is 0 Å². The second-order valence-electron chi connectivity index (χ2n) is 3.61. The number of nitrogen functional groups attached to an aromatic ring is 1. The Morgan fingerprint density at radius 3 is 2.72 bits per heavy atom. The van der Waals surface area contributed by atoms with E-state index >= 15 is 0 Å². The van der Waals surface area contributed by atoms with Gasteiger partial charge in [0.05, 0.1) is 12.3 Å². The molecule has 0 fully saturated rings. The van der Waals surface area contributed by atoms with Crippen molar-refractivity contribution < 1.29 is 13.2 Å². The van der Waals surface area contributed by atoms with Crippen molar-refractivity contribution in [3.05, 3.63) is 18.5 Å². The summed E-state index contributed by atoms with van der Waals surface area (Å²) in [6, 6.07) is 1.48. The Hall–Kier alpha value is -1.18. The van der Waals surface area contributed by atoms with Crippen molar-refractivity contribution in [1.29, 1.82) is 0 Å². The van der Waals surface area contributed by atoms with Crippen LogP contribution >= 0.6 is 0 Å². The summed E-state index contributed by atoms with van der Waals surface area (Å²) in [7, 11) is -3.60. The zero-order valence-electron chi connectivity index (χ0n) is 10.7. The number of anilines is 1. The summed E-state index contributed by atoms with van der Waals surface area (Å²) >= 11 is 0. The maximum absolute atomic E-state index is 12.3. The van der Waals surface area contributed by atoms with E-state index in [2.05, 4.69) is 4.98 Å². The number of hydrogen-bond donors (Lipinski definition) is 1. The predicted molar refractivity (Wildman–Crippen MR) is 69.6 cm³/mol. The largest absolute Gasteiger partial charge is 0.398 e. The zero-order chi connectivity index (χ0) is 13.6. The lowest BCUT2D eigenvalue weighted by Crippen LogP contribution is -2.34. The first-order chi connectivity index (χ1) is 8.54. The van der Waals surface area contributed by atoms with Crippen LogP contribution in [0.15, 0.2) is 23.4 Å². The van der Waals surface area contributed by atoms with Gasteiger partial charge < -0.3 is 10.5 Å². The molecule has 2 N–H and O–H groups in total. The van der Waals surface area contributed by atoms with E-state index in [4.69, 9.17) is 10.5 Å². The van der Waals surface area contributed by atoms with Crippen LogP contribution < -0.4 is 5.73 Å². The van der Waals surface area contributed by atoms with Crippen molar-refractivity contribution >= 4 is 15.7 Å². The number of pyridine rings is 1. The van der Waals surface area contributed by atoms with Crippen LogP contribution in [0, 0.1) is 0 Å². The van der Waals surface area contributed by atoms with Gasteiger partial charge >= 0.3 is 0 Å². The molecule has 18 heavy (non-hydrogen) atoms. The molecule has 1 rings (SSSR count). The molecular weight excluding hydrogens is 254 g/mol. The van der Waals surface area contributed by atoms with Crippen molar-refractivity contribution in [3.63, 3.8) is 0 Å². The van der Waals surface area contributed by atoms with Gasteiger partial charge in [-0.3, -0.25) is 4.98 Å². The van der Waals surface area contributed by atoms with Crippen molar-refractivity contribution in [1.82, 2.24) is 9.29 Å². The average Bonchev–Trinajstić information content (AvgIpc) is 2.34. The molecule has 7 heteroatoms. The Labute approximate surface area is 108 Å². The fraction of sp³-hybridized carbons (Fsp3) is 0.545. The minimum Gasteiger partial charge on any atom is -0.398 e. The number of hydrogen-bond acceptors (Lipinski definition) is 5. The Kier molecular flexibility index (Phi) is 5.52. The predicted octanol–water partition coefficient (Wildman–Crippen LogP) is 0.711. The van der Waals surface area contributed by atoms with Crippen LogP contribution in [0.1, 0.15) is 13.8 Å². The number of rotatable bonds is 7. The van der Waals surface area contributed by atoms with E-state index in [1.165, 1.54) is 22.8 Å². The van der Waals surface area contributed by atoms with E-state index < -0.39 is 10.0 Å². The molecule has 1 heterocycles. The van der Waals surface area contributed by atoms with Crippen LogP contribution in [0.2, 0.25) is 0 Å². The fourth-order valence-electron chi connectivity index (χ4n) is 1.50. The third kappa shape index (κ3) is 3.41. The molecule has 0 atom stereocenters. The highest BCUT2D eigenvalue weighted by Gasteiger charge is 2.25. The van der Waals surface area contributed by atoms with E-state index in [1.807, 2.05) is 6.92 Å². The Balaban J connectivity index is 2.93. The molecule has 0 bridgehead atoms. The summed E-state index contributed by atoms with van der Waals surface area (Å²) in [4.78, 5) is 3.85. The van der Waals surface area contributed by atoms with Crippen LogP contribution in [0.4, 0.5) is 5.69 Å². The van der Waals surface area contributed by atoms with Gasteiger partial charge in [0.15, 0.2) is 0 Å². The van der Waals surface area contributed by atoms with E-state index in [-0.39, 0.29) is 10.6 Å². The number of sulfonamides is 1. The van der Waals surface area contributed by atoms with Crippen molar-refractivity contribution in [2.24, 2.45) is 0 Å². The first-order valence-corrected chi connectivity index (χ1v) is 7.25. The van der Waals surface area contributed by atoms with Crippen LogP contribution in [0.5, 0.6) is 0 Å². The first kappa shape index (κ1) is 14.9. The monoisotopic (exact) mass is 273 g/mol. The summed E-state index contributed by atoms with van der Waals surface area (Å²) in [6.45, 7) is 5.24. The average molecular weight is 273 g/mol. The highest BCUT2D eigenvalue weighted by molar-refractivity contribution is 7.89. The standard InChI is InChI=1S/C11H19N3O3S/c1-3-14(7-8-17-4-2)18(15,16)11-9-13-6-5-10(11)12/h5-6,9H,3-4,7-8H2,1-2H3,(H2,12,13). The van der Waals surface area contributed by atoms with Gasteiger partial charge in [0.1, 0.15) is 4.90 Å². The fourth-order valence-corrected chi connectivity index (χ4v) is 3.00. The summed E-state index contributed by atoms with van der Waals surface area (Å²) < 4.78 is 31.2. The van der Waals surface area contributed by atoms with Gasteiger partial charge in [-0.15, -0.1) is 0 Å². The highest BCUT2D eigenvalue weighted by Crippen LogP contribution is 2.20. The Morgan fingerprint density at radius 1 is 1.44 bits per heavy atom. The Bertz CT molecular complexity index is 476. The normalized spacial score (nSPS) is 11.9. The molecule has 1 aromatic heterocycles. The molecular formula is C11H19N3O3S. The maximum atomic E-state index is 12.3. The van der Waals surface area contributed by atoms with Crippen LogP contribution in [0.25, 0.3) is 0 Å². The van der Waals surface area contributed by atoms with Gasteiger partial charge in [0.25, 0.3) is 0 Å². The Morgan fingerprint density at radius 2 is 2.17 bits per heavy atom. The number of ether oxygens (including phenoxy) is 1. The topological polar surface area (TPSA) is 85.5 Å². The molecule has 0 aliphatic heterocycles. The molecule has 102 valence electrons. The molecule has 6 nitrogen and oxygen atoms in total. The van der Waals surface area contributed by atoms with E-state index in [1.54, 1.807) is 6.92 Å². The number of aromatic nitrogens is 1. The molecule has 0 aromatic carbocycles. The lowest BCUT2D eigenvalue weighted by atomic mass is 10.4. The molecule has 0 aliphatic rings. The smallest absolute Gasteiger partial charge is 0.246 e. The zero-order valence-corrected chi connectivity index (χ0v) is 11.5. The van der Waals surface area contributed by atoms with Crippen molar-refractivity contribution in [3.8, 4) is 0 Å². The maximum Gasteiger partial charge on any atom is 0.246 e. The van der Waals surface area contributed by atoms with E-state index in [9.17, 15) is 8.42 Å². The SMILES string of the molecule is CCOCCN(CC)S(=O)(=O)c1cnccc1N. The summed E-state index contributed by atoms with van der Waals surface area (Å²) in [6.07, 6.45) is 2.73. The summed E-state index contributed by atoms with van der Waals surface area (Å²) in [5.74, 6) is 0. The van der Waals surface area contributed by atoms with Gasteiger partial charge in [-0.25, -0.2) is 8.42 Å². The quantitative estimate of drug-likeness (QED) is 0.739. The minimum atomic E-state index is -3.60. The molecule has 0 saturated carbocycles. The van der Waals surface area contributed by atoms with Gasteiger partial charge in [0.2, 0.25) is 10.0 Å². The second-order valence-corrected chi connectivity index (χ2v) is 5.51. The highest BCUT2D eigenvalue weighted by atomic mass is 32.2. The van der Waals surface area contributed by atoms with Crippen LogP contribution in [-0.4, -0.2) is 44.0 Å². The van der Waals surface area contributed by atoms with Crippen molar-refractivity contribution in [2.75, 3.05) is 32.0 Å².